The molecule has 2 atom stereocenters. The molecule has 1 aliphatic heterocycles. The van der Waals surface area contributed by atoms with Gasteiger partial charge in [-0.1, -0.05) is 54.3 Å². The van der Waals surface area contributed by atoms with Crippen molar-refractivity contribution >= 4 is 11.9 Å². The number of aryl methyl sites for hydroxylation is 2. The van der Waals surface area contributed by atoms with Gasteiger partial charge >= 0.3 is 17.8 Å². The molecule has 0 bridgehead atoms. The van der Waals surface area contributed by atoms with E-state index < -0.39 is 23.5 Å². The minimum absolute atomic E-state index is 0.184. The maximum Gasteiger partial charge on any atom is 0.421 e. The molecule has 0 aliphatic carbocycles. The highest BCUT2D eigenvalue weighted by atomic mass is 16.7. The number of aliphatic hydroxyl groups is 1. The summed E-state index contributed by atoms with van der Waals surface area (Å²) in [4.78, 5) is 22.8. The van der Waals surface area contributed by atoms with Crippen LogP contribution in [-0.4, -0.2) is 28.6 Å². The second-order valence-corrected chi connectivity index (χ2v) is 7.54. The number of carbonyl (C=O) groups excluding carboxylic acids is 2. The van der Waals surface area contributed by atoms with Crippen molar-refractivity contribution in [3.8, 4) is 11.8 Å². The number of hydrogen-bond donors (Lipinski definition) is 2. The van der Waals surface area contributed by atoms with Gasteiger partial charge in [-0.25, -0.2) is 9.59 Å². The normalized spacial score (nSPS) is 23.2. The van der Waals surface area contributed by atoms with Crippen molar-refractivity contribution in [2.75, 3.05) is 0 Å². The van der Waals surface area contributed by atoms with Gasteiger partial charge in [-0.15, -0.1) is 0 Å². The van der Waals surface area contributed by atoms with Gasteiger partial charge in [0.1, 0.15) is 0 Å². The molecule has 6 nitrogen and oxygen atoms in total. The zero-order valence-electron chi connectivity index (χ0n) is 16.9. The van der Waals surface area contributed by atoms with Gasteiger partial charge in [-0.3, -0.25) is 5.73 Å². The summed E-state index contributed by atoms with van der Waals surface area (Å²) < 4.78 is 9.65. The van der Waals surface area contributed by atoms with Crippen molar-refractivity contribution in [2.45, 2.75) is 50.5 Å². The van der Waals surface area contributed by atoms with E-state index in [4.69, 9.17) is 10.5 Å². The lowest BCUT2D eigenvalue weighted by Gasteiger charge is -2.42. The summed E-state index contributed by atoms with van der Waals surface area (Å²) in [5.74, 6) is 1.52. The van der Waals surface area contributed by atoms with Crippen LogP contribution in [-0.2, 0) is 31.9 Å². The first kappa shape index (κ1) is 21.6. The Kier molecular flexibility index (Phi) is 6.56. The van der Waals surface area contributed by atoms with E-state index >= 15 is 0 Å². The molecule has 30 heavy (non-hydrogen) atoms. The molecule has 3 rings (SSSR count). The summed E-state index contributed by atoms with van der Waals surface area (Å²) in [5, 5.41) is 10.2. The Morgan fingerprint density at radius 1 is 0.933 bits per heavy atom. The minimum Gasteiger partial charge on any atom is -0.442 e. The largest absolute Gasteiger partial charge is 0.442 e. The number of nitrogens with two attached hydrogens (primary N) is 1. The van der Waals surface area contributed by atoms with Crippen LogP contribution in [0, 0.1) is 11.8 Å². The summed E-state index contributed by atoms with van der Waals surface area (Å²) >= 11 is 0. The van der Waals surface area contributed by atoms with Crippen molar-refractivity contribution in [3.63, 3.8) is 0 Å². The maximum atomic E-state index is 11.5. The molecule has 0 spiro atoms. The average Bonchev–Trinajstić information content (AvgIpc) is 2.72. The van der Waals surface area contributed by atoms with Gasteiger partial charge in [0.25, 0.3) is 0 Å². The van der Waals surface area contributed by atoms with E-state index in [9.17, 15) is 14.7 Å². The van der Waals surface area contributed by atoms with Crippen LogP contribution in [0.2, 0.25) is 0 Å². The standard InChI is InChI=1S/C24H25NO5/c1-23(24(25,28)30-22(27)21(26)29-23)17-16-20-14-12-19(13-15-20)11-7-3-6-10-18-8-4-2-5-9-18/h2,4-5,8-9,12-15,28H,3,6,10,16-17,25H2,1H3/t23-,24-/m1/s1. The molecule has 1 aliphatic rings. The highest BCUT2D eigenvalue weighted by Crippen LogP contribution is 2.32. The summed E-state index contributed by atoms with van der Waals surface area (Å²) in [6.07, 6.45) is 3.50. The first-order chi connectivity index (χ1) is 14.3. The minimum atomic E-state index is -2.37. The molecular formula is C24H25NO5. The molecule has 0 radical (unpaired) electrons. The lowest BCUT2D eigenvalue weighted by Crippen LogP contribution is -2.67. The second kappa shape index (κ2) is 9.12. The third-order valence-corrected chi connectivity index (χ3v) is 5.18. The van der Waals surface area contributed by atoms with E-state index in [-0.39, 0.29) is 6.42 Å². The predicted octanol–water partition coefficient (Wildman–Crippen LogP) is 2.46. The number of rotatable bonds is 6. The molecule has 1 fully saturated rings. The summed E-state index contributed by atoms with van der Waals surface area (Å²) in [6, 6.07) is 18.0. The molecular weight excluding hydrogens is 382 g/mol. The molecule has 0 saturated carbocycles. The van der Waals surface area contributed by atoms with E-state index in [0.717, 1.165) is 30.4 Å². The van der Waals surface area contributed by atoms with Gasteiger partial charge in [-0.2, -0.15) is 0 Å². The zero-order valence-corrected chi connectivity index (χ0v) is 16.9. The lowest BCUT2D eigenvalue weighted by molar-refractivity contribution is -0.304. The highest BCUT2D eigenvalue weighted by molar-refractivity contribution is 6.30. The molecule has 156 valence electrons. The molecule has 2 aromatic rings. The van der Waals surface area contributed by atoms with E-state index in [0.29, 0.717) is 6.42 Å². The van der Waals surface area contributed by atoms with E-state index in [1.165, 1.54) is 12.5 Å². The smallest absolute Gasteiger partial charge is 0.421 e. The van der Waals surface area contributed by atoms with Crippen LogP contribution in [0.15, 0.2) is 54.6 Å². The fourth-order valence-corrected chi connectivity index (χ4v) is 3.17. The summed E-state index contributed by atoms with van der Waals surface area (Å²) in [7, 11) is 0. The first-order valence-electron chi connectivity index (χ1n) is 9.88. The summed E-state index contributed by atoms with van der Waals surface area (Å²) in [6.45, 7) is 1.44. The van der Waals surface area contributed by atoms with Gasteiger partial charge in [0, 0.05) is 12.0 Å². The first-order valence-corrected chi connectivity index (χ1v) is 9.88. The monoisotopic (exact) mass is 407 g/mol. The fourth-order valence-electron chi connectivity index (χ4n) is 3.17. The number of carbonyl (C=O) groups is 2. The van der Waals surface area contributed by atoms with Crippen LogP contribution in [0.3, 0.4) is 0 Å². The predicted molar refractivity (Wildman–Crippen MR) is 111 cm³/mol. The van der Waals surface area contributed by atoms with E-state index in [1.54, 1.807) is 0 Å². The van der Waals surface area contributed by atoms with Crippen molar-refractivity contribution in [2.24, 2.45) is 5.73 Å². The van der Waals surface area contributed by atoms with Crippen LogP contribution in [0.25, 0.3) is 0 Å². The van der Waals surface area contributed by atoms with Gasteiger partial charge in [-0.05, 0) is 55.9 Å². The molecule has 0 aromatic heterocycles. The number of ether oxygens (including phenoxy) is 2. The Hall–Kier alpha value is -3.14. The SMILES string of the molecule is C[C@]1(CCc2ccc(C#CCCCc3ccccc3)cc2)OC(=O)C(=O)O[C@]1(N)O. The Balaban J connectivity index is 1.50. The number of unbranched alkanes of at least 4 members (excludes halogenated alkanes) is 1. The van der Waals surface area contributed by atoms with Crippen LogP contribution in [0.1, 0.15) is 42.9 Å². The number of hydrogen-bond acceptors (Lipinski definition) is 6. The van der Waals surface area contributed by atoms with Gasteiger partial charge in [0.05, 0.1) is 0 Å². The second-order valence-electron chi connectivity index (χ2n) is 7.54. The van der Waals surface area contributed by atoms with Gasteiger partial charge in [0.2, 0.25) is 0 Å². The number of benzene rings is 2. The molecule has 0 unspecified atom stereocenters. The van der Waals surface area contributed by atoms with Crippen molar-refractivity contribution in [3.05, 3.63) is 71.3 Å². The van der Waals surface area contributed by atoms with Gasteiger partial charge in [0.15, 0.2) is 5.60 Å². The van der Waals surface area contributed by atoms with E-state index in [2.05, 4.69) is 28.7 Å². The van der Waals surface area contributed by atoms with Crippen LogP contribution < -0.4 is 5.73 Å². The third kappa shape index (κ3) is 5.26. The Morgan fingerprint density at radius 3 is 2.27 bits per heavy atom. The molecule has 6 heteroatoms. The Morgan fingerprint density at radius 2 is 1.57 bits per heavy atom. The fraction of sp³-hybridized carbons (Fsp3) is 0.333. The molecule has 0 amide bonds. The van der Waals surface area contributed by atoms with Crippen LogP contribution in [0.5, 0.6) is 0 Å². The maximum absolute atomic E-state index is 11.5. The topological polar surface area (TPSA) is 98.9 Å². The quantitative estimate of drug-likeness (QED) is 0.251. The molecule has 2 aromatic carbocycles. The molecule has 1 heterocycles. The Bertz CT molecular complexity index is 957. The average molecular weight is 407 g/mol. The number of esters is 2. The third-order valence-electron chi connectivity index (χ3n) is 5.18. The highest BCUT2D eigenvalue weighted by Gasteiger charge is 2.56. The number of cyclic esters (lactones) is 2. The Labute approximate surface area is 176 Å². The van der Waals surface area contributed by atoms with Crippen molar-refractivity contribution in [1.82, 2.24) is 0 Å². The summed E-state index contributed by atoms with van der Waals surface area (Å²) in [5.41, 5.74) is 7.29. The van der Waals surface area contributed by atoms with Crippen molar-refractivity contribution < 1.29 is 24.2 Å². The molecule has 1 saturated heterocycles. The van der Waals surface area contributed by atoms with Crippen LogP contribution >= 0.6 is 0 Å². The van der Waals surface area contributed by atoms with Crippen LogP contribution in [0.4, 0.5) is 0 Å². The zero-order chi connectivity index (χ0) is 21.6. The van der Waals surface area contributed by atoms with Gasteiger partial charge < -0.3 is 14.6 Å². The van der Waals surface area contributed by atoms with E-state index in [1.807, 2.05) is 42.5 Å². The molecule has 3 N–H and O–H groups in total. The van der Waals surface area contributed by atoms with Crippen molar-refractivity contribution in [1.29, 1.82) is 0 Å². The lowest BCUT2D eigenvalue weighted by atomic mass is 9.92.